The van der Waals surface area contributed by atoms with Crippen LogP contribution in [0.2, 0.25) is 5.02 Å². The van der Waals surface area contributed by atoms with E-state index in [1.54, 1.807) is 16.7 Å². The number of hydrogen-bond acceptors (Lipinski definition) is 5. The molecule has 6 rings (SSSR count). The minimum atomic E-state index is -0.0756. The molecule has 0 radical (unpaired) electrons. The summed E-state index contributed by atoms with van der Waals surface area (Å²) in [6.07, 6.45) is 0. The van der Waals surface area contributed by atoms with Crippen molar-refractivity contribution >= 4 is 74.0 Å². The largest absolute Gasteiger partial charge is 0.337 e. The Hall–Kier alpha value is -3.19. The number of thioether (sulfide) groups is 2. The lowest BCUT2D eigenvalue weighted by Crippen LogP contribution is -2.29. The van der Waals surface area contributed by atoms with E-state index in [0.29, 0.717) is 15.1 Å². The molecule has 2 aliphatic heterocycles. The number of aliphatic imine (C=N–C) groups is 1. The number of fused-ring (bicyclic) bond motifs is 2. The lowest BCUT2D eigenvalue weighted by molar-refractivity contribution is -0.113. The number of nitrogens with zero attached hydrogens (tertiary/aromatic N) is 3. The van der Waals surface area contributed by atoms with Crippen LogP contribution in [0.15, 0.2) is 105 Å². The van der Waals surface area contributed by atoms with E-state index in [9.17, 15) is 4.79 Å². The number of halogens is 1. The molecule has 172 valence electrons. The summed E-state index contributed by atoms with van der Waals surface area (Å²) in [5, 5.41) is 4.47. The Morgan fingerprint density at radius 1 is 0.857 bits per heavy atom. The second kappa shape index (κ2) is 8.79. The third-order valence-electron chi connectivity index (χ3n) is 5.99. The van der Waals surface area contributed by atoms with E-state index in [1.165, 1.54) is 11.8 Å². The van der Waals surface area contributed by atoms with Crippen LogP contribution in [0.4, 0.5) is 17.1 Å². The van der Waals surface area contributed by atoms with Gasteiger partial charge in [-0.05, 0) is 77.5 Å². The zero-order valence-electron chi connectivity index (χ0n) is 19.0. The summed E-state index contributed by atoms with van der Waals surface area (Å²) in [5.41, 5.74) is 3.70. The van der Waals surface area contributed by atoms with Gasteiger partial charge < -0.3 is 4.90 Å². The highest BCUT2D eigenvalue weighted by atomic mass is 35.5. The van der Waals surface area contributed by atoms with Gasteiger partial charge in [0.25, 0.3) is 5.91 Å². The van der Waals surface area contributed by atoms with Crippen molar-refractivity contribution in [2.45, 2.75) is 11.8 Å². The quantitative estimate of drug-likeness (QED) is 0.254. The van der Waals surface area contributed by atoms with Crippen LogP contribution in [-0.4, -0.2) is 18.1 Å². The molecule has 2 aliphatic rings. The van der Waals surface area contributed by atoms with Gasteiger partial charge in [0, 0.05) is 17.0 Å². The SMILES string of the molecule is Cc1cccc(N2C(=O)/C(=C3/Sc4ccc(Cl)cc4N3C)SC2=Nc2ccc3ccccc3c2)c1. The number of rotatable bonds is 2. The highest BCUT2D eigenvalue weighted by Crippen LogP contribution is 2.51. The van der Waals surface area contributed by atoms with Crippen molar-refractivity contribution in [3.8, 4) is 0 Å². The van der Waals surface area contributed by atoms with Crippen LogP contribution in [-0.2, 0) is 4.79 Å². The Morgan fingerprint density at radius 2 is 1.69 bits per heavy atom. The van der Waals surface area contributed by atoms with E-state index < -0.39 is 0 Å². The zero-order chi connectivity index (χ0) is 24.1. The summed E-state index contributed by atoms with van der Waals surface area (Å²) >= 11 is 9.25. The van der Waals surface area contributed by atoms with Gasteiger partial charge in [-0.25, -0.2) is 4.99 Å². The highest BCUT2D eigenvalue weighted by Gasteiger charge is 2.40. The van der Waals surface area contributed by atoms with Crippen LogP contribution >= 0.6 is 35.1 Å². The molecule has 0 aromatic heterocycles. The lowest BCUT2D eigenvalue weighted by atomic mass is 10.1. The molecule has 0 aliphatic carbocycles. The van der Waals surface area contributed by atoms with Crippen LogP contribution in [0.1, 0.15) is 5.56 Å². The molecule has 7 heteroatoms. The third-order valence-corrected chi connectivity index (χ3v) is 8.62. The molecule has 1 saturated heterocycles. The van der Waals surface area contributed by atoms with Gasteiger partial charge in [-0.2, -0.15) is 0 Å². The summed E-state index contributed by atoms with van der Waals surface area (Å²) in [4.78, 5) is 24.3. The van der Waals surface area contributed by atoms with Crippen LogP contribution in [0.5, 0.6) is 0 Å². The Labute approximate surface area is 217 Å². The predicted molar refractivity (Wildman–Crippen MR) is 150 cm³/mol. The molecule has 0 N–H and O–H groups in total. The number of carbonyl (C=O) groups excluding carboxylic acids is 1. The predicted octanol–water partition coefficient (Wildman–Crippen LogP) is 7.98. The Balaban J connectivity index is 1.47. The fourth-order valence-corrected chi connectivity index (χ4v) is 6.74. The van der Waals surface area contributed by atoms with Crippen molar-refractivity contribution in [2.75, 3.05) is 16.8 Å². The molecule has 1 amide bonds. The first-order chi connectivity index (χ1) is 17.0. The summed E-state index contributed by atoms with van der Waals surface area (Å²) in [6.45, 7) is 2.03. The van der Waals surface area contributed by atoms with Crippen molar-refractivity contribution in [2.24, 2.45) is 4.99 Å². The summed E-state index contributed by atoms with van der Waals surface area (Å²) in [7, 11) is 1.97. The van der Waals surface area contributed by atoms with Crippen molar-refractivity contribution in [1.82, 2.24) is 0 Å². The molecule has 0 bridgehead atoms. The molecule has 2 heterocycles. The lowest BCUT2D eigenvalue weighted by Gasteiger charge is -2.17. The van der Waals surface area contributed by atoms with E-state index in [0.717, 1.165) is 43.3 Å². The van der Waals surface area contributed by atoms with Crippen LogP contribution in [0, 0.1) is 6.92 Å². The van der Waals surface area contributed by atoms with E-state index in [4.69, 9.17) is 16.6 Å². The number of hydrogen-bond donors (Lipinski definition) is 0. The Bertz CT molecular complexity index is 1580. The molecule has 4 nitrogen and oxygen atoms in total. The maximum Gasteiger partial charge on any atom is 0.274 e. The summed E-state index contributed by atoms with van der Waals surface area (Å²) in [5.74, 6) is -0.0756. The van der Waals surface area contributed by atoms with Gasteiger partial charge in [0.1, 0.15) is 4.91 Å². The van der Waals surface area contributed by atoms with Crippen molar-refractivity contribution in [3.63, 3.8) is 0 Å². The van der Waals surface area contributed by atoms with Gasteiger partial charge in [0.2, 0.25) is 0 Å². The average Bonchev–Trinajstić information content (AvgIpc) is 3.34. The normalized spacial score (nSPS) is 18.7. The van der Waals surface area contributed by atoms with E-state index in [2.05, 4.69) is 24.3 Å². The monoisotopic (exact) mass is 513 g/mol. The second-order valence-electron chi connectivity index (χ2n) is 8.41. The van der Waals surface area contributed by atoms with Gasteiger partial charge in [-0.15, -0.1) is 0 Å². The summed E-state index contributed by atoms with van der Waals surface area (Å²) < 4.78 is 0. The Kier molecular flexibility index (Phi) is 5.60. The van der Waals surface area contributed by atoms with Gasteiger partial charge in [-0.1, -0.05) is 65.8 Å². The molecular formula is C28H20ClN3OS2. The van der Waals surface area contributed by atoms with Crippen molar-refractivity contribution < 1.29 is 4.79 Å². The number of amidine groups is 1. The fourth-order valence-electron chi connectivity index (χ4n) is 4.25. The van der Waals surface area contributed by atoms with Gasteiger partial charge in [-0.3, -0.25) is 9.69 Å². The Morgan fingerprint density at radius 3 is 2.51 bits per heavy atom. The number of aryl methyl sites for hydroxylation is 1. The van der Waals surface area contributed by atoms with E-state index in [1.807, 2.05) is 79.5 Å². The van der Waals surface area contributed by atoms with E-state index in [-0.39, 0.29) is 5.91 Å². The molecule has 4 aromatic carbocycles. The first-order valence-electron chi connectivity index (χ1n) is 11.1. The number of amides is 1. The van der Waals surface area contributed by atoms with Crippen LogP contribution < -0.4 is 9.80 Å². The first-order valence-corrected chi connectivity index (χ1v) is 13.1. The molecule has 1 fully saturated rings. The van der Waals surface area contributed by atoms with Gasteiger partial charge >= 0.3 is 0 Å². The van der Waals surface area contributed by atoms with Gasteiger partial charge in [0.05, 0.1) is 22.1 Å². The average molecular weight is 514 g/mol. The minimum Gasteiger partial charge on any atom is -0.337 e. The third kappa shape index (κ3) is 4.01. The molecule has 0 spiro atoms. The number of anilines is 2. The molecule has 0 atom stereocenters. The maximum absolute atomic E-state index is 13.9. The van der Waals surface area contributed by atoms with Crippen molar-refractivity contribution in [1.29, 1.82) is 0 Å². The van der Waals surface area contributed by atoms with Crippen molar-refractivity contribution in [3.05, 3.63) is 105 Å². The molecular weight excluding hydrogens is 494 g/mol. The van der Waals surface area contributed by atoms with Crippen LogP contribution in [0.25, 0.3) is 10.8 Å². The highest BCUT2D eigenvalue weighted by molar-refractivity contribution is 8.20. The number of carbonyl (C=O) groups is 1. The van der Waals surface area contributed by atoms with Crippen LogP contribution in [0.3, 0.4) is 0 Å². The topological polar surface area (TPSA) is 35.9 Å². The molecule has 4 aromatic rings. The molecule has 35 heavy (non-hydrogen) atoms. The number of benzene rings is 4. The fraction of sp³-hybridized carbons (Fsp3) is 0.0714. The second-order valence-corrected chi connectivity index (χ2v) is 10.9. The minimum absolute atomic E-state index is 0.0756. The first kappa shape index (κ1) is 22.3. The zero-order valence-corrected chi connectivity index (χ0v) is 21.4. The standard InChI is InChI=1S/C28H20ClN3OS2/c1-17-6-5-9-22(14-17)32-26(33)25(27-31(2)23-16-20(29)11-13-24(23)34-27)35-28(32)30-21-12-10-18-7-3-4-8-19(18)15-21/h3-16H,1-2H3/b27-25-,30-28?. The van der Waals surface area contributed by atoms with E-state index >= 15 is 0 Å². The van der Waals surface area contributed by atoms with Gasteiger partial charge in [0.15, 0.2) is 5.17 Å². The maximum atomic E-state index is 13.9. The molecule has 0 saturated carbocycles. The smallest absolute Gasteiger partial charge is 0.274 e. The molecule has 0 unspecified atom stereocenters. The summed E-state index contributed by atoms with van der Waals surface area (Å²) in [6, 6.07) is 28.1.